The van der Waals surface area contributed by atoms with E-state index in [0.717, 1.165) is 16.5 Å². The van der Waals surface area contributed by atoms with Crippen LogP contribution in [0.2, 0.25) is 0 Å². The van der Waals surface area contributed by atoms with Gasteiger partial charge >= 0.3 is 5.97 Å². The van der Waals surface area contributed by atoms with Gasteiger partial charge in [0.15, 0.2) is 5.78 Å². The molecular formula is C19H14FNO4. The number of aliphatic carboxylic acids is 1. The Balaban J connectivity index is 1.89. The number of hydrogen-bond donors (Lipinski definition) is 1. The normalized spacial score (nSPS) is 10.8. The second-order valence-corrected chi connectivity index (χ2v) is 5.67. The minimum Gasteiger partial charge on any atom is -0.475 e. The Bertz CT molecular complexity index is 973. The first-order valence-electron chi connectivity index (χ1n) is 7.57. The monoisotopic (exact) mass is 339 g/mol. The lowest BCUT2D eigenvalue weighted by Gasteiger charge is -2.07. The number of carbonyl (C=O) groups excluding carboxylic acids is 2. The molecule has 0 saturated carbocycles. The van der Waals surface area contributed by atoms with Crippen molar-refractivity contribution in [1.82, 2.24) is 4.57 Å². The molecule has 0 aliphatic rings. The van der Waals surface area contributed by atoms with Crippen LogP contribution >= 0.6 is 0 Å². The van der Waals surface area contributed by atoms with Crippen molar-refractivity contribution in [1.29, 1.82) is 0 Å². The van der Waals surface area contributed by atoms with E-state index in [9.17, 15) is 18.8 Å². The average Bonchev–Trinajstić information content (AvgIpc) is 2.99. The Morgan fingerprint density at radius 2 is 1.72 bits per heavy atom. The third-order valence-electron chi connectivity index (χ3n) is 3.92. The standard InChI is InChI=1S/C19H14FNO4/c20-15-5-1-12(2-6-15)11-21-8-7-13-3-4-14(9-16(13)21)17(22)10-18(23)19(24)25/h1-9H,10-11H2,(H,24,25). The van der Waals surface area contributed by atoms with Crippen molar-refractivity contribution < 1.29 is 23.9 Å². The van der Waals surface area contributed by atoms with Crippen LogP contribution in [0, 0.1) is 5.82 Å². The fourth-order valence-electron chi connectivity index (χ4n) is 2.61. The molecule has 25 heavy (non-hydrogen) atoms. The van der Waals surface area contributed by atoms with E-state index in [2.05, 4.69) is 0 Å². The number of Topliss-reactive ketones (excluding diaryl/α,β-unsaturated/α-hetero) is 2. The van der Waals surface area contributed by atoms with E-state index in [1.165, 1.54) is 12.1 Å². The summed E-state index contributed by atoms with van der Waals surface area (Å²) in [4.78, 5) is 33.9. The van der Waals surface area contributed by atoms with E-state index in [1.807, 2.05) is 16.8 Å². The zero-order chi connectivity index (χ0) is 18.0. The smallest absolute Gasteiger partial charge is 0.372 e. The summed E-state index contributed by atoms with van der Waals surface area (Å²) in [5.41, 5.74) is 1.95. The van der Waals surface area contributed by atoms with E-state index in [-0.39, 0.29) is 11.4 Å². The SMILES string of the molecule is O=C(O)C(=O)CC(=O)c1ccc2ccn(Cc3ccc(F)cc3)c2c1. The summed E-state index contributed by atoms with van der Waals surface area (Å²) in [7, 11) is 0. The van der Waals surface area contributed by atoms with Gasteiger partial charge in [-0.3, -0.25) is 9.59 Å². The highest BCUT2D eigenvalue weighted by molar-refractivity contribution is 6.37. The zero-order valence-corrected chi connectivity index (χ0v) is 13.1. The van der Waals surface area contributed by atoms with Gasteiger partial charge in [0.1, 0.15) is 5.82 Å². The number of aromatic nitrogens is 1. The number of carboxylic acid groups (broad SMARTS) is 1. The van der Waals surface area contributed by atoms with Gasteiger partial charge in [0.05, 0.1) is 6.42 Å². The molecule has 3 rings (SSSR count). The first kappa shape index (κ1) is 16.6. The van der Waals surface area contributed by atoms with Crippen LogP contribution in [0.3, 0.4) is 0 Å². The summed E-state index contributed by atoms with van der Waals surface area (Å²) in [6.07, 6.45) is 1.18. The highest BCUT2D eigenvalue weighted by Gasteiger charge is 2.18. The average molecular weight is 339 g/mol. The minimum atomic E-state index is -1.62. The molecule has 0 amide bonds. The third kappa shape index (κ3) is 3.63. The highest BCUT2D eigenvalue weighted by Crippen LogP contribution is 2.20. The van der Waals surface area contributed by atoms with Gasteiger partial charge in [0, 0.05) is 23.8 Å². The lowest BCUT2D eigenvalue weighted by atomic mass is 10.0. The van der Waals surface area contributed by atoms with Gasteiger partial charge in [-0.05, 0) is 35.2 Å². The van der Waals surface area contributed by atoms with E-state index in [1.54, 1.807) is 30.3 Å². The van der Waals surface area contributed by atoms with E-state index >= 15 is 0 Å². The predicted octanol–water partition coefficient (Wildman–Crippen LogP) is 3.06. The largest absolute Gasteiger partial charge is 0.475 e. The maximum absolute atomic E-state index is 13.0. The Kier molecular flexibility index (Phi) is 4.43. The minimum absolute atomic E-state index is 0.279. The molecule has 0 fully saturated rings. The van der Waals surface area contributed by atoms with Crippen molar-refractivity contribution in [2.75, 3.05) is 0 Å². The van der Waals surface area contributed by atoms with Crippen LogP contribution in [0.4, 0.5) is 4.39 Å². The molecule has 1 aromatic heterocycles. The molecule has 2 aromatic carbocycles. The Morgan fingerprint density at radius 1 is 1.00 bits per heavy atom. The second-order valence-electron chi connectivity index (χ2n) is 5.67. The first-order valence-corrected chi connectivity index (χ1v) is 7.57. The number of halogens is 1. The van der Waals surface area contributed by atoms with Gasteiger partial charge in [-0.15, -0.1) is 0 Å². The van der Waals surface area contributed by atoms with Crippen LogP contribution in [-0.2, 0) is 16.1 Å². The molecular weight excluding hydrogens is 325 g/mol. The molecule has 0 bridgehead atoms. The van der Waals surface area contributed by atoms with Crippen molar-refractivity contribution >= 4 is 28.4 Å². The van der Waals surface area contributed by atoms with E-state index in [0.29, 0.717) is 6.54 Å². The lowest BCUT2D eigenvalue weighted by Crippen LogP contribution is -2.17. The number of carboxylic acids is 1. The van der Waals surface area contributed by atoms with Crippen LogP contribution in [-0.4, -0.2) is 27.2 Å². The zero-order valence-electron chi connectivity index (χ0n) is 13.1. The van der Waals surface area contributed by atoms with Gasteiger partial charge in [0.25, 0.3) is 0 Å². The summed E-state index contributed by atoms with van der Waals surface area (Å²) in [6.45, 7) is 0.496. The van der Waals surface area contributed by atoms with Crippen LogP contribution < -0.4 is 0 Å². The van der Waals surface area contributed by atoms with Crippen molar-refractivity contribution in [3.63, 3.8) is 0 Å². The highest BCUT2D eigenvalue weighted by atomic mass is 19.1. The summed E-state index contributed by atoms with van der Waals surface area (Å²) in [5, 5.41) is 9.52. The van der Waals surface area contributed by atoms with Crippen LogP contribution in [0.5, 0.6) is 0 Å². The molecule has 5 nitrogen and oxygen atoms in total. The third-order valence-corrected chi connectivity index (χ3v) is 3.92. The Hall–Kier alpha value is -3.28. The van der Waals surface area contributed by atoms with Crippen LogP contribution in [0.1, 0.15) is 22.3 Å². The second kappa shape index (κ2) is 6.68. The number of rotatable bonds is 6. The van der Waals surface area contributed by atoms with E-state index in [4.69, 9.17) is 5.11 Å². The van der Waals surface area contributed by atoms with Gasteiger partial charge in [0.2, 0.25) is 5.78 Å². The maximum atomic E-state index is 13.0. The summed E-state index contributed by atoms with van der Waals surface area (Å²) in [5.74, 6) is -3.60. The van der Waals surface area contributed by atoms with Gasteiger partial charge in [-0.2, -0.15) is 0 Å². The molecule has 0 saturated heterocycles. The quantitative estimate of drug-likeness (QED) is 0.425. The molecule has 0 spiro atoms. The predicted molar refractivity (Wildman–Crippen MR) is 89.0 cm³/mol. The topological polar surface area (TPSA) is 76.4 Å². The number of ketones is 2. The fourth-order valence-corrected chi connectivity index (χ4v) is 2.61. The summed E-state index contributed by atoms with van der Waals surface area (Å²) in [6, 6.07) is 13.0. The van der Waals surface area contributed by atoms with Crippen LogP contribution in [0.15, 0.2) is 54.7 Å². The molecule has 0 aliphatic heterocycles. The first-order chi connectivity index (χ1) is 11.9. The van der Waals surface area contributed by atoms with Gasteiger partial charge in [-0.1, -0.05) is 24.3 Å². The Labute approximate surface area is 142 Å². The molecule has 6 heteroatoms. The summed E-state index contributed by atoms with van der Waals surface area (Å²) < 4.78 is 14.9. The molecule has 0 atom stereocenters. The molecule has 1 N–H and O–H groups in total. The Morgan fingerprint density at radius 3 is 2.40 bits per heavy atom. The van der Waals surface area contributed by atoms with Crippen molar-refractivity contribution in [3.05, 3.63) is 71.7 Å². The van der Waals surface area contributed by atoms with Crippen LogP contribution in [0.25, 0.3) is 10.9 Å². The molecule has 0 unspecified atom stereocenters. The van der Waals surface area contributed by atoms with Gasteiger partial charge in [-0.25, -0.2) is 9.18 Å². The lowest BCUT2D eigenvalue weighted by molar-refractivity contribution is -0.148. The van der Waals surface area contributed by atoms with Gasteiger partial charge < -0.3 is 9.67 Å². The molecule has 0 radical (unpaired) electrons. The number of fused-ring (bicyclic) bond motifs is 1. The molecule has 0 aliphatic carbocycles. The molecule has 126 valence electrons. The molecule has 1 heterocycles. The number of benzene rings is 2. The number of hydrogen-bond acceptors (Lipinski definition) is 3. The fraction of sp³-hybridized carbons (Fsp3) is 0.105. The van der Waals surface area contributed by atoms with Crippen molar-refractivity contribution in [2.24, 2.45) is 0 Å². The number of nitrogens with zero attached hydrogens (tertiary/aromatic N) is 1. The van der Waals surface area contributed by atoms with Crippen molar-refractivity contribution in [3.8, 4) is 0 Å². The summed E-state index contributed by atoms with van der Waals surface area (Å²) >= 11 is 0. The number of carbonyl (C=O) groups is 3. The van der Waals surface area contributed by atoms with Crippen molar-refractivity contribution in [2.45, 2.75) is 13.0 Å². The maximum Gasteiger partial charge on any atom is 0.372 e. The molecule has 3 aromatic rings. The van der Waals surface area contributed by atoms with E-state index < -0.39 is 24.0 Å².